The van der Waals surface area contributed by atoms with Crippen LogP contribution < -0.4 is 0 Å². The van der Waals surface area contributed by atoms with Crippen LogP contribution in [-0.2, 0) is 9.59 Å². The minimum Gasteiger partial charge on any atom is -0.293 e. The first-order valence-electron chi connectivity index (χ1n) is 2.79. The van der Waals surface area contributed by atoms with E-state index in [4.69, 9.17) is 0 Å². The van der Waals surface area contributed by atoms with Crippen molar-refractivity contribution < 1.29 is 22.8 Å². The number of carbonyl (C=O) groups is 1. The van der Waals surface area contributed by atoms with Crippen molar-refractivity contribution >= 4 is 11.7 Å². The summed E-state index contributed by atoms with van der Waals surface area (Å²) in [7, 11) is 0. The van der Waals surface area contributed by atoms with E-state index in [-0.39, 0.29) is 6.42 Å². The fourth-order valence-electron chi connectivity index (χ4n) is 0.450. The molecule has 0 aromatic rings. The molecule has 0 radical (unpaired) electrons. The van der Waals surface area contributed by atoms with Crippen LogP contribution in [0, 0.1) is 0 Å². The van der Waals surface area contributed by atoms with E-state index in [1.807, 2.05) is 0 Å². The van der Waals surface area contributed by atoms with Crippen molar-refractivity contribution in [3.63, 3.8) is 0 Å². The molecule has 0 atom stereocenters. The topological polar surface area (TPSA) is 34.1 Å². The Kier molecular flexibility index (Phi) is 3.01. The Hall–Kier alpha value is -1.09. The van der Waals surface area contributed by atoms with Crippen molar-refractivity contribution in [2.24, 2.45) is 0 Å². The highest BCUT2D eigenvalue weighted by Gasteiger charge is 2.39. The highest BCUT2D eigenvalue weighted by atomic mass is 19.4. The Balaban J connectivity index is 4.73. The van der Waals surface area contributed by atoms with Gasteiger partial charge in [-0.25, -0.2) is 4.79 Å². The maximum absolute atomic E-state index is 11.6. The molecule has 0 aromatic heterocycles. The lowest BCUT2D eigenvalue weighted by molar-refractivity contribution is -0.128. The molecule has 0 saturated carbocycles. The third-order valence-electron chi connectivity index (χ3n) is 0.985. The van der Waals surface area contributed by atoms with E-state index in [0.29, 0.717) is 5.94 Å². The molecular formula is C6H5F3O2. The van der Waals surface area contributed by atoms with Gasteiger partial charge in [0.05, 0.1) is 0 Å². The van der Waals surface area contributed by atoms with Crippen LogP contribution in [0.15, 0.2) is 5.57 Å². The number of allylic oxidation sites excluding steroid dienone is 1. The molecule has 0 spiro atoms. The first kappa shape index (κ1) is 9.91. The summed E-state index contributed by atoms with van der Waals surface area (Å²) in [5.74, 6) is -0.644. The molecule has 62 valence electrons. The zero-order valence-corrected chi connectivity index (χ0v) is 5.66. The van der Waals surface area contributed by atoms with Crippen molar-refractivity contribution in [1.82, 2.24) is 0 Å². The Labute approximate surface area is 60.7 Å². The van der Waals surface area contributed by atoms with Crippen molar-refractivity contribution in [2.75, 3.05) is 0 Å². The van der Waals surface area contributed by atoms with Gasteiger partial charge in [-0.1, -0.05) is 6.92 Å². The SMILES string of the molecule is CCC(=O)C(=C=O)C(F)(F)F. The van der Waals surface area contributed by atoms with Crippen LogP contribution in [0.2, 0.25) is 0 Å². The van der Waals surface area contributed by atoms with E-state index >= 15 is 0 Å². The zero-order chi connectivity index (χ0) is 9.07. The van der Waals surface area contributed by atoms with Gasteiger partial charge < -0.3 is 0 Å². The van der Waals surface area contributed by atoms with Crippen LogP contribution in [0.5, 0.6) is 0 Å². The van der Waals surface area contributed by atoms with E-state index in [1.165, 1.54) is 6.92 Å². The summed E-state index contributed by atoms with van der Waals surface area (Å²) in [5, 5.41) is 0. The zero-order valence-electron chi connectivity index (χ0n) is 5.66. The van der Waals surface area contributed by atoms with Gasteiger partial charge in [0.2, 0.25) is 0 Å². The average molecular weight is 166 g/mol. The molecule has 0 aliphatic heterocycles. The summed E-state index contributed by atoms with van der Waals surface area (Å²) in [6.45, 7) is 1.24. The van der Waals surface area contributed by atoms with Crippen molar-refractivity contribution in [3.05, 3.63) is 5.57 Å². The summed E-state index contributed by atoms with van der Waals surface area (Å²) in [6.07, 6.45) is -5.21. The summed E-state index contributed by atoms with van der Waals surface area (Å²) in [6, 6.07) is 0. The van der Waals surface area contributed by atoms with Gasteiger partial charge in [-0.15, -0.1) is 0 Å². The Morgan fingerprint density at radius 1 is 1.45 bits per heavy atom. The largest absolute Gasteiger partial charge is 0.430 e. The second-order valence-electron chi connectivity index (χ2n) is 1.75. The lowest BCUT2D eigenvalue weighted by atomic mass is 10.1. The van der Waals surface area contributed by atoms with Gasteiger partial charge in [-0.3, -0.25) is 4.79 Å². The minimum atomic E-state index is -4.87. The second kappa shape index (κ2) is 3.34. The standard InChI is InChI=1S/C6H5F3O2/c1-2-5(11)4(3-10)6(7,8)9/h2H2,1H3. The van der Waals surface area contributed by atoms with Crippen LogP contribution in [0.25, 0.3) is 0 Å². The Morgan fingerprint density at radius 2 is 1.91 bits per heavy atom. The van der Waals surface area contributed by atoms with Crippen LogP contribution in [0.4, 0.5) is 13.2 Å². The van der Waals surface area contributed by atoms with Crippen LogP contribution in [0.1, 0.15) is 13.3 Å². The number of halogens is 3. The van der Waals surface area contributed by atoms with Gasteiger partial charge in [-0.2, -0.15) is 13.2 Å². The number of carbonyl (C=O) groups excluding carboxylic acids is 2. The first-order valence-corrected chi connectivity index (χ1v) is 2.79. The van der Waals surface area contributed by atoms with Gasteiger partial charge in [-0.05, 0) is 0 Å². The summed E-state index contributed by atoms with van der Waals surface area (Å²) in [4.78, 5) is 20.0. The van der Waals surface area contributed by atoms with Crippen LogP contribution in [0.3, 0.4) is 0 Å². The summed E-state index contributed by atoms with van der Waals surface area (Å²) < 4.78 is 34.9. The molecule has 0 heterocycles. The molecule has 0 fully saturated rings. The summed E-state index contributed by atoms with van der Waals surface area (Å²) in [5.41, 5.74) is -1.74. The highest BCUT2D eigenvalue weighted by Crippen LogP contribution is 2.24. The molecule has 0 aliphatic rings. The number of alkyl halides is 3. The van der Waals surface area contributed by atoms with Crippen LogP contribution in [-0.4, -0.2) is 17.9 Å². The highest BCUT2D eigenvalue weighted by molar-refractivity contribution is 6.03. The van der Waals surface area contributed by atoms with E-state index in [2.05, 4.69) is 0 Å². The van der Waals surface area contributed by atoms with Gasteiger partial charge in [0.15, 0.2) is 11.4 Å². The fourth-order valence-corrected chi connectivity index (χ4v) is 0.450. The molecule has 0 unspecified atom stereocenters. The van der Waals surface area contributed by atoms with Gasteiger partial charge >= 0.3 is 6.18 Å². The Morgan fingerprint density at radius 3 is 2.00 bits per heavy atom. The lowest BCUT2D eigenvalue weighted by Crippen LogP contribution is -2.19. The van der Waals surface area contributed by atoms with Crippen molar-refractivity contribution in [3.8, 4) is 0 Å². The number of ketones is 1. The number of rotatable bonds is 2. The third-order valence-corrected chi connectivity index (χ3v) is 0.985. The molecule has 0 N–H and O–H groups in total. The van der Waals surface area contributed by atoms with Crippen molar-refractivity contribution in [1.29, 1.82) is 0 Å². The predicted octanol–water partition coefficient (Wildman–Crippen LogP) is 1.29. The number of Topliss-reactive ketones (excluding diaryl/α,β-unsaturated/α-hetero) is 1. The van der Waals surface area contributed by atoms with E-state index in [1.54, 1.807) is 0 Å². The van der Waals surface area contributed by atoms with Crippen LogP contribution >= 0.6 is 0 Å². The number of hydrogen-bond donors (Lipinski definition) is 0. The first-order chi connectivity index (χ1) is 4.93. The molecule has 2 nitrogen and oxygen atoms in total. The van der Waals surface area contributed by atoms with E-state index in [9.17, 15) is 22.8 Å². The normalized spacial score (nSPS) is 10.5. The van der Waals surface area contributed by atoms with Gasteiger partial charge in [0.1, 0.15) is 5.94 Å². The Bertz CT molecular complexity index is 210. The predicted molar refractivity (Wildman–Crippen MR) is 30.6 cm³/mol. The van der Waals surface area contributed by atoms with E-state index < -0.39 is 17.5 Å². The third kappa shape index (κ3) is 2.55. The fraction of sp³-hybridized carbons (Fsp3) is 0.500. The molecule has 0 bridgehead atoms. The average Bonchev–Trinajstić information content (AvgIpc) is 1.86. The van der Waals surface area contributed by atoms with E-state index in [0.717, 1.165) is 0 Å². The quantitative estimate of drug-likeness (QED) is 0.457. The molecular weight excluding hydrogens is 161 g/mol. The molecule has 0 saturated heterocycles. The molecule has 0 rings (SSSR count). The smallest absolute Gasteiger partial charge is 0.293 e. The maximum atomic E-state index is 11.6. The van der Waals surface area contributed by atoms with Crippen molar-refractivity contribution in [2.45, 2.75) is 19.5 Å². The second-order valence-corrected chi connectivity index (χ2v) is 1.75. The lowest BCUT2D eigenvalue weighted by Gasteiger charge is -2.03. The van der Waals surface area contributed by atoms with Gasteiger partial charge in [0, 0.05) is 6.42 Å². The molecule has 5 heteroatoms. The monoisotopic (exact) mass is 166 g/mol. The molecule has 0 amide bonds. The maximum Gasteiger partial charge on any atom is 0.430 e. The molecule has 0 aromatic carbocycles. The van der Waals surface area contributed by atoms with Gasteiger partial charge in [0.25, 0.3) is 0 Å². The molecule has 11 heavy (non-hydrogen) atoms. The summed E-state index contributed by atoms with van der Waals surface area (Å²) >= 11 is 0. The molecule has 0 aliphatic carbocycles. The number of hydrogen-bond acceptors (Lipinski definition) is 2. The minimum absolute atomic E-state index is 0.343.